The zero-order valence-electron chi connectivity index (χ0n) is 10.3. The summed E-state index contributed by atoms with van der Waals surface area (Å²) >= 11 is 7.97. The van der Waals surface area contributed by atoms with Gasteiger partial charge in [-0.1, -0.05) is 24.6 Å². The first-order valence-corrected chi connectivity index (χ1v) is 7.46. The van der Waals surface area contributed by atoms with Crippen LogP contribution in [0, 0.1) is 5.92 Å². The van der Waals surface area contributed by atoms with Gasteiger partial charge in [0.1, 0.15) is 0 Å². The fourth-order valence-corrected chi connectivity index (χ4v) is 3.03. The molecule has 0 saturated heterocycles. The average molecular weight is 282 g/mol. The van der Waals surface area contributed by atoms with Crippen molar-refractivity contribution in [3.8, 4) is 0 Å². The van der Waals surface area contributed by atoms with Gasteiger partial charge in [0.05, 0.1) is 5.52 Å². The van der Waals surface area contributed by atoms with Gasteiger partial charge in [-0.15, -0.1) is 0 Å². The standard InChI is InChI=1S/C14H16ClNOS/c1-10(7-17)8-18-9-11-4-5-13(15)12-3-2-6-16-14(11)12/h2-6,10,17H,7-9H2,1H3. The van der Waals surface area contributed by atoms with E-state index >= 15 is 0 Å². The molecule has 0 spiro atoms. The Morgan fingerprint density at radius 1 is 1.39 bits per heavy atom. The second-order valence-electron chi connectivity index (χ2n) is 4.41. The molecule has 2 rings (SSSR count). The van der Waals surface area contributed by atoms with Crippen LogP contribution in [0.5, 0.6) is 0 Å². The quantitative estimate of drug-likeness (QED) is 0.906. The van der Waals surface area contributed by atoms with E-state index in [1.165, 1.54) is 5.56 Å². The first-order valence-electron chi connectivity index (χ1n) is 5.93. The minimum absolute atomic E-state index is 0.243. The maximum Gasteiger partial charge on any atom is 0.0757 e. The molecule has 0 aliphatic rings. The third-order valence-corrected chi connectivity index (χ3v) is 4.42. The van der Waals surface area contributed by atoms with E-state index in [-0.39, 0.29) is 6.61 Å². The number of thioether (sulfide) groups is 1. The summed E-state index contributed by atoms with van der Waals surface area (Å²) in [6, 6.07) is 7.86. The molecule has 18 heavy (non-hydrogen) atoms. The second kappa shape index (κ2) is 6.41. The predicted molar refractivity (Wildman–Crippen MR) is 79.2 cm³/mol. The summed E-state index contributed by atoms with van der Waals surface area (Å²) in [5.41, 5.74) is 2.18. The van der Waals surface area contributed by atoms with Crippen molar-refractivity contribution >= 4 is 34.3 Å². The van der Waals surface area contributed by atoms with Crippen molar-refractivity contribution in [1.82, 2.24) is 4.98 Å². The largest absolute Gasteiger partial charge is 0.396 e. The Morgan fingerprint density at radius 3 is 3.00 bits per heavy atom. The molecule has 0 amide bonds. The van der Waals surface area contributed by atoms with Crippen LogP contribution in [0.1, 0.15) is 12.5 Å². The van der Waals surface area contributed by atoms with Crippen molar-refractivity contribution in [2.45, 2.75) is 12.7 Å². The van der Waals surface area contributed by atoms with Crippen LogP contribution in [-0.4, -0.2) is 22.5 Å². The maximum atomic E-state index is 9.00. The topological polar surface area (TPSA) is 33.1 Å². The average Bonchev–Trinajstić information content (AvgIpc) is 2.41. The van der Waals surface area contributed by atoms with Gasteiger partial charge < -0.3 is 5.11 Å². The summed E-state index contributed by atoms with van der Waals surface area (Å²) in [6.45, 7) is 2.29. The molecule has 4 heteroatoms. The molecule has 1 N–H and O–H groups in total. The van der Waals surface area contributed by atoms with Gasteiger partial charge in [0.2, 0.25) is 0 Å². The van der Waals surface area contributed by atoms with Crippen molar-refractivity contribution in [3.63, 3.8) is 0 Å². The Kier molecular flexibility index (Phi) is 4.87. The molecule has 1 aromatic heterocycles. The van der Waals surface area contributed by atoms with Gasteiger partial charge in [-0.2, -0.15) is 11.8 Å². The van der Waals surface area contributed by atoms with Crippen LogP contribution >= 0.6 is 23.4 Å². The van der Waals surface area contributed by atoms with Crippen LogP contribution in [0.2, 0.25) is 5.02 Å². The molecule has 1 unspecified atom stereocenters. The van der Waals surface area contributed by atoms with Crippen LogP contribution in [0.4, 0.5) is 0 Å². The molecular formula is C14H16ClNOS. The van der Waals surface area contributed by atoms with E-state index in [4.69, 9.17) is 16.7 Å². The van der Waals surface area contributed by atoms with Crippen LogP contribution < -0.4 is 0 Å². The van der Waals surface area contributed by atoms with E-state index in [0.717, 1.165) is 27.4 Å². The summed E-state index contributed by atoms with van der Waals surface area (Å²) in [5, 5.41) is 10.7. The van der Waals surface area contributed by atoms with Crippen molar-refractivity contribution in [2.75, 3.05) is 12.4 Å². The Bertz CT molecular complexity index is 532. The lowest BCUT2D eigenvalue weighted by molar-refractivity contribution is 0.250. The van der Waals surface area contributed by atoms with Crippen LogP contribution in [0.25, 0.3) is 10.9 Å². The number of aromatic nitrogens is 1. The number of rotatable bonds is 5. The van der Waals surface area contributed by atoms with E-state index in [0.29, 0.717) is 5.92 Å². The fraction of sp³-hybridized carbons (Fsp3) is 0.357. The summed E-state index contributed by atoms with van der Waals surface area (Å²) in [4.78, 5) is 4.41. The Labute approximate surface area is 116 Å². The van der Waals surface area contributed by atoms with Gasteiger partial charge in [-0.25, -0.2) is 0 Å². The molecule has 1 aromatic carbocycles. The zero-order valence-corrected chi connectivity index (χ0v) is 11.8. The number of pyridine rings is 1. The smallest absolute Gasteiger partial charge is 0.0757 e. The van der Waals surface area contributed by atoms with Gasteiger partial charge in [-0.3, -0.25) is 4.98 Å². The van der Waals surface area contributed by atoms with Gasteiger partial charge in [0, 0.05) is 29.0 Å². The third-order valence-electron chi connectivity index (χ3n) is 2.77. The zero-order chi connectivity index (χ0) is 13.0. The van der Waals surface area contributed by atoms with E-state index in [1.54, 1.807) is 6.20 Å². The molecule has 0 saturated carbocycles. The lowest BCUT2D eigenvalue weighted by Gasteiger charge is -2.09. The second-order valence-corrected chi connectivity index (χ2v) is 5.85. The number of fused-ring (bicyclic) bond motifs is 1. The van der Waals surface area contributed by atoms with E-state index in [2.05, 4.69) is 4.98 Å². The number of aliphatic hydroxyl groups is 1. The monoisotopic (exact) mass is 281 g/mol. The molecule has 0 aliphatic heterocycles. The van der Waals surface area contributed by atoms with Gasteiger partial charge in [-0.05, 0) is 35.4 Å². The van der Waals surface area contributed by atoms with Crippen LogP contribution in [0.15, 0.2) is 30.5 Å². The molecule has 0 bridgehead atoms. The summed E-state index contributed by atoms with van der Waals surface area (Å²) in [5.74, 6) is 2.18. The number of halogens is 1. The molecule has 96 valence electrons. The first kappa shape index (κ1) is 13.7. The van der Waals surface area contributed by atoms with Crippen LogP contribution in [0.3, 0.4) is 0 Å². The molecule has 2 nitrogen and oxygen atoms in total. The lowest BCUT2D eigenvalue weighted by atomic mass is 10.1. The summed E-state index contributed by atoms with van der Waals surface area (Å²) < 4.78 is 0. The molecule has 0 fully saturated rings. The highest BCUT2D eigenvalue weighted by molar-refractivity contribution is 7.98. The number of aliphatic hydroxyl groups excluding tert-OH is 1. The van der Waals surface area contributed by atoms with Gasteiger partial charge >= 0.3 is 0 Å². The van der Waals surface area contributed by atoms with Gasteiger partial charge in [0.15, 0.2) is 0 Å². The highest BCUT2D eigenvalue weighted by Crippen LogP contribution is 2.27. The first-order chi connectivity index (χ1) is 8.72. The normalized spacial score (nSPS) is 12.8. The highest BCUT2D eigenvalue weighted by atomic mass is 35.5. The molecule has 0 radical (unpaired) electrons. The molecule has 1 atom stereocenters. The Balaban J connectivity index is 2.16. The highest BCUT2D eigenvalue weighted by Gasteiger charge is 2.06. The molecular weight excluding hydrogens is 266 g/mol. The minimum atomic E-state index is 0.243. The number of hydrogen-bond donors (Lipinski definition) is 1. The molecule has 2 aromatic rings. The maximum absolute atomic E-state index is 9.00. The number of hydrogen-bond acceptors (Lipinski definition) is 3. The number of nitrogens with zero attached hydrogens (tertiary/aromatic N) is 1. The van der Waals surface area contributed by atoms with E-state index in [1.807, 2.05) is 43.0 Å². The Morgan fingerprint density at radius 2 is 2.22 bits per heavy atom. The third kappa shape index (κ3) is 3.16. The van der Waals surface area contributed by atoms with Crippen molar-refractivity contribution in [1.29, 1.82) is 0 Å². The van der Waals surface area contributed by atoms with E-state index < -0.39 is 0 Å². The van der Waals surface area contributed by atoms with E-state index in [9.17, 15) is 0 Å². The van der Waals surface area contributed by atoms with Crippen molar-refractivity contribution in [3.05, 3.63) is 41.0 Å². The summed E-state index contributed by atoms with van der Waals surface area (Å²) in [7, 11) is 0. The SMILES string of the molecule is CC(CO)CSCc1ccc(Cl)c2cccnc12. The Hall–Kier alpha value is -0.770. The number of benzene rings is 1. The van der Waals surface area contributed by atoms with Crippen molar-refractivity contribution < 1.29 is 5.11 Å². The fourth-order valence-electron chi connectivity index (χ4n) is 1.74. The predicted octanol–water partition coefficient (Wildman–Crippen LogP) is 3.75. The molecule has 0 aliphatic carbocycles. The summed E-state index contributed by atoms with van der Waals surface area (Å²) in [6.07, 6.45) is 1.79. The lowest BCUT2D eigenvalue weighted by Crippen LogP contribution is -2.03. The van der Waals surface area contributed by atoms with Crippen LogP contribution in [-0.2, 0) is 5.75 Å². The van der Waals surface area contributed by atoms with Gasteiger partial charge in [0.25, 0.3) is 0 Å². The van der Waals surface area contributed by atoms with Crippen molar-refractivity contribution in [2.24, 2.45) is 5.92 Å². The minimum Gasteiger partial charge on any atom is -0.396 e. The molecule has 1 heterocycles.